The Kier molecular flexibility index (Phi) is 3.75. The topological polar surface area (TPSA) is 85.1 Å². The summed E-state index contributed by atoms with van der Waals surface area (Å²) >= 11 is 0. The molecule has 1 aromatic heterocycles. The van der Waals surface area contributed by atoms with Gasteiger partial charge in [-0.1, -0.05) is 31.2 Å². The van der Waals surface area contributed by atoms with E-state index in [1.54, 1.807) is 13.0 Å². The average Bonchev–Trinajstić information content (AvgIpc) is 2.43. The molecule has 0 spiro atoms. The number of nitrogens with zero attached hydrogens (tertiary/aromatic N) is 1. The Hall–Kier alpha value is -2.43. The summed E-state index contributed by atoms with van der Waals surface area (Å²) in [5.74, 6) is -0.937. The van der Waals surface area contributed by atoms with Crippen LogP contribution in [0, 0.1) is 0 Å². The first-order chi connectivity index (χ1) is 9.11. The maximum Gasteiger partial charge on any atom is 0.270 e. The monoisotopic (exact) mass is 257 g/mol. The van der Waals surface area contributed by atoms with Crippen molar-refractivity contribution in [1.29, 1.82) is 0 Å². The highest BCUT2D eigenvalue weighted by atomic mass is 16.2. The number of nitrogens with two attached hydrogens (primary N) is 1. The van der Waals surface area contributed by atoms with E-state index in [4.69, 9.17) is 5.73 Å². The number of primary amides is 1. The van der Waals surface area contributed by atoms with E-state index in [2.05, 4.69) is 10.3 Å². The molecular formula is C14H15N3O2. The van der Waals surface area contributed by atoms with Crippen molar-refractivity contribution in [3.05, 3.63) is 42.1 Å². The Bertz CT molecular complexity index is 625. The van der Waals surface area contributed by atoms with Crippen LogP contribution in [0.1, 0.15) is 23.8 Å². The van der Waals surface area contributed by atoms with Crippen LogP contribution in [0.4, 0.5) is 0 Å². The molecule has 0 saturated carbocycles. The second kappa shape index (κ2) is 5.48. The second-order valence-corrected chi connectivity index (χ2v) is 4.23. The van der Waals surface area contributed by atoms with Gasteiger partial charge in [-0.2, -0.15) is 0 Å². The SMILES string of the molecule is CC[C@@H](NC(=O)c1ccc2ccccc2n1)C(N)=O. The molecule has 5 nitrogen and oxygen atoms in total. The van der Waals surface area contributed by atoms with E-state index in [0.717, 1.165) is 10.9 Å². The quantitative estimate of drug-likeness (QED) is 0.863. The van der Waals surface area contributed by atoms with Gasteiger partial charge in [0, 0.05) is 5.39 Å². The summed E-state index contributed by atoms with van der Waals surface area (Å²) in [7, 11) is 0. The van der Waals surface area contributed by atoms with Gasteiger partial charge in [0.05, 0.1) is 5.52 Å². The van der Waals surface area contributed by atoms with Gasteiger partial charge in [0.1, 0.15) is 11.7 Å². The predicted octanol–water partition coefficient (Wildman–Crippen LogP) is 1.23. The minimum absolute atomic E-state index is 0.276. The van der Waals surface area contributed by atoms with Gasteiger partial charge in [-0.25, -0.2) is 4.98 Å². The molecule has 19 heavy (non-hydrogen) atoms. The number of carbonyl (C=O) groups excluding carboxylic acids is 2. The number of carbonyl (C=O) groups is 2. The highest BCUT2D eigenvalue weighted by molar-refractivity contribution is 5.97. The van der Waals surface area contributed by atoms with Crippen molar-refractivity contribution in [2.24, 2.45) is 5.73 Å². The van der Waals surface area contributed by atoms with E-state index in [1.165, 1.54) is 0 Å². The van der Waals surface area contributed by atoms with Crippen LogP contribution in [0.5, 0.6) is 0 Å². The van der Waals surface area contributed by atoms with Crippen molar-refractivity contribution >= 4 is 22.7 Å². The molecule has 0 aliphatic heterocycles. The lowest BCUT2D eigenvalue weighted by atomic mass is 10.2. The molecule has 5 heteroatoms. The molecule has 2 aromatic rings. The number of pyridine rings is 1. The normalized spacial score (nSPS) is 12.1. The molecular weight excluding hydrogens is 242 g/mol. The Labute approximate surface area is 110 Å². The molecule has 0 fully saturated rings. The molecule has 1 aromatic carbocycles. The van der Waals surface area contributed by atoms with E-state index in [9.17, 15) is 9.59 Å². The van der Waals surface area contributed by atoms with Crippen molar-refractivity contribution in [2.75, 3.05) is 0 Å². The molecule has 0 radical (unpaired) electrons. The average molecular weight is 257 g/mol. The Morgan fingerprint density at radius 1 is 1.26 bits per heavy atom. The molecule has 0 aliphatic carbocycles. The largest absolute Gasteiger partial charge is 0.368 e. The number of nitrogens with one attached hydrogen (secondary N) is 1. The van der Waals surface area contributed by atoms with E-state index in [0.29, 0.717) is 6.42 Å². The minimum atomic E-state index is -0.666. The standard InChI is InChI=1S/C14H15N3O2/c1-2-10(13(15)18)17-14(19)12-8-7-9-5-3-4-6-11(9)16-12/h3-8,10H,2H2,1H3,(H2,15,18)(H,17,19)/t10-/m1/s1. The zero-order valence-electron chi connectivity index (χ0n) is 10.6. The molecule has 3 N–H and O–H groups in total. The third kappa shape index (κ3) is 2.88. The van der Waals surface area contributed by atoms with Gasteiger partial charge in [-0.15, -0.1) is 0 Å². The predicted molar refractivity (Wildman–Crippen MR) is 72.5 cm³/mol. The van der Waals surface area contributed by atoms with Gasteiger partial charge < -0.3 is 11.1 Å². The molecule has 2 amide bonds. The fourth-order valence-corrected chi connectivity index (χ4v) is 1.80. The van der Waals surface area contributed by atoms with E-state index < -0.39 is 17.9 Å². The van der Waals surface area contributed by atoms with Crippen LogP contribution in [0.2, 0.25) is 0 Å². The minimum Gasteiger partial charge on any atom is -0.368 e. The molecule has 1 heterocycles. The molecule has 0 bridgehead atoms. The maximum absolute atomic E-state index is 12.0. The summed E-state index contributed by atoms with van der Waals surface area (Å²) < 4.78 is 0. The van der Waals surface area contributed by atoms with Crippen LogP contribution in [0.15, 0.2) is 36.4 Å². The molecule has 1 atom stereocenters. The summed E-state index contributed by atoms with van der Waals surface area (Å²) in [6, 6.07) is 10.3. The number of aromatic nitrogens is 1. The van der Waals surface area contributed by atoms with Crippen LogP contribution in [0.25, 0.3) is 10.9 Å². The highest BCUT2D eigenvalue weighted by Gasteiger charge is 2.17. The fourth-order valence-electron chi connectivity index (χ4n) is 1.80. The van der Waals surface area contributed by atoms with Crippen molar-refractivity contribution in [3.8, 4) is 0 Å². The lowest BCUT2D eigenvalue weighted by Gasteiger charge is -2.12. The summed E-state index contributed by atoms with van der Waals surface area (Å²) in [6.45, 7) is 1.78. The summed E-state index contributed by atoms with van der Waals surface area (Å²) in [5.41, 5.74) is 6.20. The van der Waals surface area contributed by atoms with Gasteiger partial charge >= 0.3 is 0 Å². The highest BCUT2D eigenvalue weighted by Crippen LogP contribution is 2.11. The molecule has 98 valence electrons. The number of para-hydroxylation sites is 1. The third-order valence-electron chi connectivity index (χ3n) is 2.89. The number of fused-ring (bicyclic) bond motifs is 1. The number of hydrogen-bond acceptors (Lipinski definition) is 3. The van der Waals surface area contributed by atoms with Crippen LogP contribution >= 0.6 is 0 Å². The van der Waals surface area contributed by atoms with Crippen LogP contribution in [0.3, 0.4) is 0 Å². The second-order valence-electron chi connectivity index (χ2n) is 4.23. The maximum atomic E-state index is 12.0. The van der Waals surface area contributed by atoms with Gasteiger partial charge in [0.15, 0.2) is 0 Å². The molecule has 0 aliphatic rings. The zero-order chi connectivity index (χ0) is 13.8. The van der Waals surface area contributed by atoms with E-state index in [1.807, 2.05) is 30.3 Å². The van der Waals surface area contributed by atoms with Gasteiger partial charge in [0.25, 0.3) is 5.91 Å². The van der Waals surface area contributed by atoms with Crippen molar-refractivity contribution in [3.63, 3.8) is 0 Å². The number of rotatable bonds is 4. The first kappa shape index (κ1) is 13.0. The smallest absolute Gasteiger partial charge is 0.270 e. The number of amides is 2. The van der Waals surface area contributed by atoms with Crippen LogP contribution < -0.4 is 11.1 Å². The van der Waals surface area contributed by atoms with E-state index >= 15 is 0 Å². The van der Waals surface area contributed by atoms with Crippen LogP contribution in [-0.2, 0) is 4.79 Å². The Balaban J connectivity index is 2.24. The lowest BCUT2D eigenvalue weighted by molar-refractivity contribution is -0.119. The van der Waals surface area contributed by atoms with Crippen molar-refractivity contribution in [1.82, 2.24) is 10.3 Å². The zero-order valence-corrected chi connectivity index (χ0v) is 10.6. The Morgan fingerprint density at radius 3 is 2.68 bits per heavy atom. The lowest BCUT2D eigenvalue weighted by Crippen LogP contribution is -2.44. The van der Waals surface area contributed by atoms with Crippen molar-refractivity contribution in [2.45, 2.75) is 19.4 Å². The first-order valence-electron chi connectivity index (χ1n) is 6.07. The number of hydrogen-bond donors (Lipinski definition) is 2. The summed E-state index contributed by atoms with van der Waals surface area (Å²) in [5, 5.41) is 3.53. The summed E-state index contributed by atoms with van der Waals surface area (Å²) in [4.78, 5) is 27.3. The molecule has 0 unspecified atom stereocenters. The third-order valence-corrected chi connectivity index (χ3v) is 2.89. The van der Waals surface area contributed by atoms with Crippen LogP contribution in [-0.4, -0.2) is 22.8 Å². The molecule has 0 saturated heterocycles. The van der Waals surface area contributed by atoms with Gasteiger partial charge in [-0.05, 0) is 18.6 Å². The van der Waals surface area contributed by atoms with Gasteiger partial charge in [0.2, 0.25) is 5.91 Å². The summed E-state index contributed by atoms with van der Waals surface area (Å²) in [6.07, 6.45) is 0.453. The van der Waals surface area contributed by atoms with Gasteiger partial charge in [-0.3, -0.25) is 9.59 Å². The first-order valence-corrected chi connectivity index (χ1v) is 6.07. The fraction of sp³-hybridized carbons (Fsp3) is 0.214. The number of benzene rings is 1. The van der Waals surface area contributed by atoms with E-state index in [-0.39, 0.29) is 5.69 Å². The van der Waals surface area contributed by atoms with Crippen molar-refractivity contribution < 1.29 is 9.59 Å². The Morgan fingerprint density at radius 2 is 2.00 bits per heavy atom. The molecule has 2 rings (SSSR count).